The van der Waals surface area contributed by atoms with Crippen LogP contribution in [0, 0.1) is 5.82 Å². The Kier molecular flexibility index (Phi) is 4.10. The normalized spacial score (nSPS) is 15.0. The lowest BCUT2D eigenvalue weighted by atomic mass is 10.3. The zero-order valence-corrected chi connectivity index (χ0v) is 12.4. The first-order chi connectivity index (χ1) is 10.2. The Balaban J connectivity index is 1.81. The van der Waals surface area contributed by atoms with Gasteiger partial charge in [-0.2, -0.15) is 0 Å². The van der Waals surface area contributed by atoms with E-state index in [4.69, 9.17) is 11.6 Å². The largest absolute Gasteiger partial charge is 0.343 e. The minimum absolute atomic E-state index is 0.145. The fraction of sp³-hybridized carbons (Fsp3) is 0.467. The first-order valence-corrected chi connectivity index (χ1v) is 7.71. The summed E-state index contributed by atoms with van der Waals surface area (Å²) in [6, 6.07) is 4.46. The van der Waals surface area contributed by atoms with Crippen LogP contribution in [0.3, 0.4) is 0 Å². The van der Waals surface area contributed by atoms with Crippen molar-refractivity contribution in [2.45, 2.75) is 31.7 Å². The van der Waals surface area contributed by atoms with Gasteiger partial charge >= 0.3 is 0 Å². The maximum Gasteiger partial charge on any atom is 0.224 e. The standard InChI is InChI=1S/C15H17ClFN3O/c16-10-14-18-12-4-3-11(17)9-13(12)20(14)8-5-15(21)19-6-1-2-7-19/h3-4,9H,1-2,5-8,10H2. The van der Waals surface area contributed by atoms with Crippen molar-refractivity contribution in [1.29, 1.82) is 0 Å². The number of halogens is 2. The molecule has 1 saturated heterocycles. The van der Waals surface area contributed by atoms with Gasteiger partial charge in [0.25, 0.3) is 0 Å². The number of imidazole rings is 1. The molecule has 1 aromatic heterocycles. The van der Waals surface area contributed by atoms with Gasteiger partial charge in [0.05, 0.1) is 16.9 Å². The molecule has 0 spiro atoms. The number of alkyl halides is 1. The van der Waals surface area contributed by atoms with Gasteiger partial charge in [0.15, 0.2) is 0 Å². The van der Waals surface area contributed by atoms with Gasteiger partial charge in [0, 0.05) is 26.1 Å². The van der Waals surface area contributed by atoms with E-state index >= 15 is 0 Å². The van der Waals surface area contributed by atoms with Crippen molar-refractivity contribution in [3.8, 4) is 0 Å². The van der Waals surface area contributed by atoms with Crippen LogP contribution in [0.1, 0.15) is 25.1 Å². The van der Waals surface area contributed by atoms with E-state index in [1.54, 1.807) is 6.07 Å². The minimum atomic E-state index is -0.310. The molecule has 3 rings (SSSR count). The van der Waals surface area contributed by atoms with Crippen LogP contribution in [-0.2, 0) is 17.2 Å². The number of amides is 1. The number of nitrogens with zero attached hydrogens (tertiary/aromatic N) is 3. The van der Waals surface area contributed by atoms with Crippen molar-refractivity contribution in [2.75, 3.05) is 13.1 Å². The lowest BCUT2D eigenvalue weighted by Crippen LogP contribution is -2.28. The molecular weight excluding hydrogens is 293 g/mol. The van der Waals surface area contributed by atoms with Crippen molar-refractivity contribution in [3.05, 3.63) is 29.8 Å². The van der Waals surface area contributed by atoms with Crippen LogP contribution in [0.4, 0.5) is 4.39 Å². The maximum absolute atomic E-state index is 13.4. The van der Waals surface area contributed by atoms with E-state index in [1.807, 2.05) is 9.47 Å². The highest BCUT2D eigenvalue weighted by atomic mass is 35.5. The van der Waals surface area contributed by atoms with Crippen LogP contribution in [-0.4, -0.2) is 33.4 Å². The molecule has 1 aromatic carbocycles. The number of likely N-dealkylation sites (tertiary alicyclic amines) is 1. The third-order valence-electron chi connectivity index (χ3n) is 3.92. The van der Waals surface area contributed by atoms with Gasteiger partial charge in [-0.1, -0.05) is 0 Å². The minimum Gasteiger partial charge on any atom is -0.343 e. The number of carbonyl (C=O) groups excluding carboxylic acids is 1. The Morgan fingerprint density at radius 2 is 2.10 bits per heavy atom. The molecule has 2 heterocycles. The van der Waals surface area contributed by atoms with Gasteiger partial charge in [0.1, 0.15) is 11.6 Å². The predicted octanol–water partition coefficient (Wildman–Crippen LogP) is 2.93. The predicted molar refractivity (Wildman–Crippen MR) is 79.7 cm³/mol. The second-order valence-electron chi connectivity index (χ2n) is 5.28. The summed E-state index contributed by atoms with van der Waals surface area (Å²) in [4.78, 5) is 18.4. The first kappa shape index (κ1) is 14.3. The highest BCUT2D eigenvalue weighted by Crippen LogP contribution is 2.20. The summed E-state index contributed by atoms with van der Waals surface area (Å²) in [5.74, 6) is 0.752. The highest BCUT2D eigenvalue weighted by Gasteiger charge is 2.18. The van der Waals surface area contributed by atoms with E-state index in [2.05, 4.69) is 4.98 Å². The lowest BCUT2D eigenvalue weighted by Gasteiger charge is -2.16. The zero-order chi connectivity index (χ0) is 14.8. The molecule has 0 unspecified atom stereocenters. The van der Waals surface area contributed by atoms with Crippen LogP contribution in [0.25, 0.3) is 11.0 Å². The van der Waals surface area contributed by atoms with Crippen molar-refractivity contribution in [3.63, 3.8) is 0 Å². The summed E-state index contributed by atoms with van der Waals surface area (Å²) < 4.78 is 15.3. The lowest BCUT2D eigenvalue weighted by molar-refractivity contribution is -0.130. The molecule has 0 aliphatic carbocycles. The number of hydrogen-bond donors (Lipinski definition) is 0. The van der Waals surface area contributed by atoms with Gasteiger partial charge in [0.2, 0.25) is 5.91 Å². The Morgan fingerprint density at radius 3 is 2.81 bits per heavy atom. The van der Waals surface area contributed by atoms with Crippen LogP contribution in [0.5, 0.6) is 0 Å². The summed E-state index contributed by atoms with van der Waals surface area (Å²) in [6.45, 7) is 2.18. The van der Waals surface area contributed by atoms with Crippen LogP contribution in [0.15, 0.2) is 18.2 Å². The van der Waals surface area contributed by atoms with Gasteiger partial charge in [-0.15, -0.1) is 11.6 Å². The van der Waals surface area contributed by atoms with Crippen LogP contribution >= 0.6 is 11.6 Å². The number of fused-ring (bicyclic) bond motifs is 1. The van der Waals surface area contributed by atoms with Crippen molar-refractivity contribution < 1.29 is 9.18 Å². The fourth-order valence-electron chi connectivity index (χ4n) is 2.83. The van der Waals surface area contributed by atoms with Gasteiger partial charge in [-0.05, 0) is 31.0 Å². The zero-order valence-electron chi connectivity index (χ0n) is 11.7. The van der Waals surface area contributed by atoms with E-state index < -0.39 is 0 Å². The van der Waals surface area contributed by atoms with Crippen molar-refractivity contribution in [2.24, 2.45) is 0 Å². The number of carbonyl (C=O) groups is 1. The average Bonchev–Trinajstić information content (AvgIpc) is 3.12. The molecule has 1 aliphatic rings. The summed E-state index contributed by atoms with van der Waals surface area (Å²) in [7, 11) is 0. The van der Waals surface area contributed by atoms with E-state index in [0.29, 0.717) is 29.8 Å². The summed E-state index contributed by atoms with van der Waals surface area (Å²) >= 11 is 5.91. The molecule has 2 aromatic rings. The molecule has 112 valence electrons. The molecule has 0 N–H and O–H groups in total. The van der Waals surface area contributed by atoms with Crippen molar-refractivity contribution in [1.82, 2.24) is 14.5 Å². The highest BCUT2D eigenvalue weighted by molar-refractivity contribution is 6.16. The van der Waals surface area contributed by atoms with E-state index in [9.17, 15) is 9.18 Å². The third kappa shape index (κ3) is 2.88. The number of aryl methyl sites for hydroxylation is 1. The second-order valence-corrected chi connectivity index (χ2v) is 5.55. The number of hydrogen-bond acceptors (Lipinski definition) is 2. The molecule has 6 heteroatoms. The molecule has 0 bridgehead atoms. The third-order valence-corrected chi connectivity index (χ3v) is 4.16. The summed E-state index contributed by atoms with van der Waals surface area (Å²) in [5.41, 5.74) is 1.40. The maximum atomic E-state index is 13.4. The van der Waals surface area contributed by atoms with Gasteiger partial charge in [-0.3, -0.25) is 4.79 Å². The number of benzene rings is 1. The molecule has 0 atom stereocenters. The van der Waals surface area contributed by atoms with Crippen LogP contribution < -0.4 is 0 Å². The van der Waals surface area contributed by atoms with E-state index in [1.165, 1.54) is 12.1 Å². The monoisotopic (exact) mass is 309 g/mol. The summed E-state index contributed by atoms with van der Waals surface area (Å²) in [5, 5.41) is 0. The first-order valence-electron chi connectivity index (χ1n) is 7.17. The Labute approximate surface area is 127 Å². The SMILES string of the molecule is O=C(CCn1c(CCl)nc2ccc(F)cc21)N1CCCC1. The molecule has 1 aliphatic heterocycles. The Morgan fingerprint density at radius 1 is 1.33 bits per heavy atom. The second kappa shape index (κ2) is 6.02. The summed E-state index contributed by atoms with van der Waals surface area (Å²) in [6.07, 6.45) is 2.56. The number of aromatic nitrogens is 2. The Hall–Kier alpha value is -1.62. The smallest absolute Gasteiger partial charge is 0.224 e. The van der Waals surface area contributed by atoms with E-state index in [0.717, 1.165) is 25.9 Å². The Bertz CT molecular complexity index is 664. The molecule has 21 heavy (non-hydrogen) atoms. The quantitative estimate of drug-likeness (QED) is 0.815. The molecule has 0 saturated carbocycles. The van der Waals surface area contributed by atoms with E-state index in [-0.39, 0.29) is 17.6 Å². The number of rotatable bonds is 4. The van der Waals surface area contributed by atoms with Gasteiger partial charge < -0.3 is 9.47 Å². The van der Waals surface area contributed by atoms with Crippen LogP contribution in [0.2, 0.25) is 0 Å². The molecule has 1 fully saturated rings. The van der Waals surface area contributed by atoms with Crippen molar-refractivity contribution >= 4 is 28.5 Å². The molecule has 0 radical (unpaired) electrons. The molecule has 1 amide bonds. The molecular formula is C15H17ClFN3O. The topological polar surface area (TPSA) is 38.1 Å². The fourth-order valence-corrected chi connectivity index (χ4v) is 3.03. The molecule has 4 nitrogen and oxygen atoms in total. The average molecular weight is 310 g/mol. The van der Waals surface area contributed by atoms with Gasteiger partial charge in [-0.25, -0.2) is 9.37 Å².